The van der Waals surface area contributed by atoms with Crippen LogP contribution in [-0.2, 0) is 9.47 Å². The van der Waals surface area contributed by atoms with E-state index < -0.39 is 5.97 Å². The lowest BCUT2D eigenvalue weighted by atomic mass is 10.2. The minimum Gasteiger partial charge on any atom is -0.492 e. The molecule has 0 aliphatic carbocycles. The fourth-order valence-corrected chi connectivity index (χ4v) is 1.22. The molecule has 0 N–H and O–H groups in total. The van der Waals surface area contributed by atoms with Crippen LogP contribution in [0.25, 0.3) is 5.76 Å². The van der Waals surface area contributed by atoms with Crippen molar-refractivity contribution < 1.29 is 14.3 Å². The highest BCUT2D eigenvalue weighted by Gasteiger charge is 2.09. The number of nitrogens with zero attached hydrogens (tertiary/aromatic N) is 1. The van der Waals surface area contributed by atoms with Crippen molar-refractivity contribution in [1.82, 2.24) is 4.98 Å². The molecule has 92 valence electrons. The molecule has 1 aromatic heterocycles. The van der Waals surface area contributed by atoms with E-state index in [1.54, 1.807) is 18.2 Å². The molecule has 1 aromatic rings. The molecule has 0 unspecified atom stereocenters. The molecule has 0 aliphatic heterocycles. The number of rotatable bonds is 6. The summed E-state index contributed by atoms with van der Waals surface area (Å²) in [5.74, 6) is 0.0115. The topological polar surface area (TPSA) is 48.4 Å². The van der Waals surface area contributed by atoms with E-state index >= 15 is 0 Å². The number of unbranched alkanes of at least 4 members (excludes halogenated alkanes) is 1. The van der Waals surface area contributed by atoms with Crippen molar-refractivity contribution in [2.45, 2.75) is 19.8 Å². The second kappa shape index (κ2) is 6.68. The normalized spacial score (nSPS) is 9.76. The smallest absolute Gasteiger partial charge is 0.356 e. The minimum absolute atomic E-state index is 0.255. The third-order valence-corrected chi connectivity index (χ3v) is 2.20. The Morgan fingerprint density at radius 3 is 2.76 bits per heavy atom. The third kappa shape index (κ3) is 3.90. The number of ether oxygens (including phenoxy) is 2. The Morgan fingerprint density at radius 1 is 1.41 bits per heavy atom. The molecule has 17 heavy (non-hydrogen) atoms. The van der Waals surface area contributed by atoms with E-state index in [0.29, 0.717) is 18.1 Å². The van der Waals surface area contributed by atoms with Crippen LogP contribution >= 0.6 is 0 Å². The summed E-state index contributed by atoms with van der Waals surface area (Å²) < 4.78 is 10.0. The molecule has 0 amide bonds. The first-order valence-electron chi connectivity index (χ1n) is 5.56. The van der Waals surface area contributed by atoms with E-state index in [2.05, 4.69) is 23.2 Å². The van der Waals surface area contributed by atoms with Crippen LogP contribution < -0.4 is 0 Å². The highest BCUT2D eigenvalue weighted by atomic mass is 16.5. The molecular weight excluding hydrogens is 218 g/mol. The SMILES string of the molecule is C=C(OCCCC)c1cccc(C(=O)OC)n1. The average Bonchev–Trinajstić information content (AvgIpc) is 2.38. The van der Waals surface area contributed by atoms with Crippen LogP contribution in [0.3, 0.4) is 0 Å². The average molecular weight is 235 g/mol. The van der Waals surface area contributed by atoms with Gasteiger partial charge in [-0.2, -0.15) is 0 Å². The Balaban J connectivity index is 2.70. The molecule has 0 radical (unpaired) electrons. The molecule has 4 heteroatoms. The molecule has 0 bridgehead atoms. The van der Waals surface area contributed by atoms with Crippen LogP contribution in [0.4, 0.5) is 0 Å². The quantitative estimate of drug-likeness (QED) is 0.432. The number of esters is 1. The van der Waals surface area contributed by atoms with Gasteiger partial charge in [-0.05, 0) is 18.6 Å². The van der Waals surface area contributed by atoms with Gasteiger partial charge in [0.2, 0.25) is 0 Å². The second-order valence-electron chi connectivity index (χ2n) is 3.52. The number of hydrogen-bond acceptors (Lipinski definition) is 4. The van der Waals surface area contributed by atoms with Crippen molar-refractivity contribution in [3.05, 3.63) is 36.2 Å². The van der Waals surface area contributed by atoms with Crippen LogP contribution in [0.2, 0.25) is 0 Å². The van der Waals surface area contributed by atoms with Crippen molar-refractivity contribution in [2.75, 3.05) is 13.7 Å². The zero-order valence-corrected chi connectivity index (χ0v) is 10.2. The van der Waals surface area contributed by atoms with E-state index in [4.69, 9.17) is 4.74 Å². The molecule has 0 spiro atoms. The van der Waals surface area contributed by atoms with Crippen LogP contribution in [0, 0.1) is 0 Å². The zero-order valence-electron chi connectivity index (χ0n) is 10.2. The lowest BCUT2D eigenvalue weighted by molar-refractivity contribution is 0.0594. The number of hydrogen-bond donors (Lipinski definition) is 0. The maximum absolute atomic E-state index is 11.3. The van der Waals surface area contributed by atoms with Gasteiger partial charge >= 0.3 is 5.97 Å². The number of carbonyl (C=O) groups excluding carboxylic acids is 1. The van der Waals surface area contributed by atoms with Gasteiger partial charge in [0.1, 0.15) is 17.1 Å². The van der Waals surface area contributed by atoms with Gasteiger partial charge in [-0.25, -0.2) is 9.78 Å². The summed E-state index contributed by atoms with van der Waals surface area (Å²) >= 11 is 0. The predicted molar refractivity (Wildman–Crippen MR) is 65.5 cm³/mol. The fraction of sp³-hybridized carbons (Fsp3) is 0.385. The lowest BCUT2D eigenvalue weighted by Crippen LogP contribution is -2.06. The van der Waals surface area contributed by atoms with Gasteiger partial charge in [-0.1, -0.05) is 26.0 Å². The van der Waals surface area contributed by atoms with Gasteiger partial charge in [0.15, 0.2) is 0 Å². The van der Waals surface area contributed by atoms with E-state index in [0.717, 1.165) is 12.8 Å². The number of carbonyl (C=O) groups is 1. The van der Waals surface area contributed by atoms with Crippen molar-refractivity contribution in [3.63, 3.8) is 0 Å². The van der Waals surface area contributed by atoms with Crippen molar-refractivity contribution in [2.24, 2.45) is 0 Å². The fourth-order valence-electron chi connectivity index (χ4n) is 1.22. The molecule has 0 saturated heterocycles. The van der Waals surface area contributed by atoms with Crippen LogP contribution in [0.1, 0.15) is 35.9 Å². The summed E-state index contributed by atoms with van der Waals surface area (Å²) in [6.07, 6.45) is 2.03. The molecule has 0 aromatic carbocycles. The van der Waals surface area contributed by atoms with Gasteiger partial charge in [0, 0.05) is 0 Å². The summed E-state index contributed by atoms with van der Waals surface area (Å²) in [6, 6.07) is 5.07. The molecule has 4 nitrogen and oxygen atoms in total. The predicted octanol–water partition coefficient (Wildman–Crippen LogP) is 2.66. The molecule has 1 heterocycles. The largest absolute Gasteiger partial charge is 0.492 e. The van der Waals surface area contributed by atoms with Gasteiger partial charge in [-0.3, -0.25) is 0 Å². The van der Waals surface area contributed by atoms with E-state index in [9.17, 15) is 4.79 Å². The molecule has 1 rings (SSSR count). The Labute approximate surface area is 101 Å². The maximum Gasteiger partial charge on any atom is 0.356 e. The first-order valence-corrected chi connectivity index (χ1v) is 5.56. The first-order chi connectivity index (χ1) is 8.19. The standard InChI is InChI=1S/C13H17NO3/c1-4-5-9-17-10(2)11-7-6-8-12(14-11)13(15)16-3/h6-8H,2,4-5,9H2,1,3H3. The highest BCUT2D eigenvalue weighted by molar-refractivity contribution is 5.87. The summed E-state index contributed by atoms with van der Waals surface area (Å²) in [5.41, 5.74) is 0.814. The Hall–Kier alpha value is -1.84. The van der Waals surface area contributed by atoms with Gasteiger partial charge in [0.25, 0.3) is 0 Å². The molecule has 0 atom stereocenters. The second-order valence-corrected chi connectivity index (χ2v) is 3.52. The minimum atomic E-state index is -0.465. The molecule has 0 aliphatic rings. The lowest BCUT2D eigenvalue weighted by Gasteiger charge is -2.08. The number of methoxy groups -OCH3 is 1. The van der Waals surface area contributed by atoms with Crippen molar-refractivity contribution >= 4 is 11.7 Å². The van der Waals surface area contributed by atoms with E-state index in [-0.39, 0.29) is 5.69 Å². The maximum atomic E-state index is 11.3. The van der Waals surface area contributed by atoms with Gasteiger partial charge in [0.05, 0.1) is 13.7 Å². The molecular formula is C13H17NO3. The summed E-state index contributed by atoms with van der Waals surface area (Å²) in [4.78, 5) is 15.4. The Bertz CT molecular complexity index is 401. The van der Waals surface area contributed by atoms with E-state index in [1.807, 2.05) is 0 Å². The monoisotopic (exact) mass is 235 g/mol. The summed E-state index contributed by atoms with van der Waals surface area (Å²) in [7, 11) is 1.32. The zero-order chi connectivity index (χ0) is 12.7. The van der Waals surface area contributed by atoms with Crippen LogP contribution in [0.5, 0.6) is 0 Å². The van der Waals surface area contributed by atoms with Crippen molar-refractivity contribution in [1.29, 1.82) is 0 Å². The molecule has 0 fully saturated rings. The number of pyridine rings is 1. The Morgan fingerprint density at radius 2 is 2.12 bits per heavy atom. The number of aromatic nitrogens is 1. The Kier molecular flexibility index (Phi) is 5.20. The van der Waals surface area contributed by atoms with Crippen LogP contribution in [-0.4, -0.2) is 24.7 Å². The first kappa shape index (κ1) is 13.2. The summed E-state index contributed by atoms with van der Waals surface area (Å²) in [5, 5.41) is 0. The van der Waals surface area contributed by atoms with Crippen LogP contribution in [0.15, 0.2) is 24.8 Å². The molecule has 0 saturated carbocycles. The third-order valence-electron chi connectivity index (χ3n) is 2.20. The summed E-state index contributed by atoms with van der Waals surface area (Å²) in [6.45, 7) is 6.48. The van der Waals surface area contributed by atoms with E-state index in [1.165, 1.54) is 7.11 Å². The van der Waals surface area contributed by atoms with Crippen molar-refractivity contribution in [3.8, 4) is 0 Å². The van der Waals surface area contributed by atoms with Gasteiger partial charge in [-0.15, -0.1) is 0 Å². The van der Waals surface area contributed by atoms with Gasteiger partial charge < -0.3 is 9.47 Å². The highest BCUT2D eigenvalue weighted by Crippen LogP contribution is 2.12.